The average molecular weight is 477 g/mol. The van der Waals surface area contributed by atoms with Gasteiger partial charge in [-0.05, 0) is 56.2 Å². The summed E-state index contributed by atoms with van der Waals surface area (Å²) in [5.41, 5.74) is 2.23. The molecule has 0 aliphatic carbocycles. The van der Waals surface area contributed by atoms with Crippen molar-refractivity contribution < 1.29 is 22.4 Å². The van der Waals surface area contributed by atoms with E-state index in [1.54, 1.807) is 36.1 Å². The molecule has 33 heavy (non-hydrogen) atoms. The number of hydrogen-bond donors (Lipinski definition) is 2. The highest BCUT2D eigenvalue weighted by atomic mass is 32.2. The summed E-state index contributed by atoms with van der Waals surface area (Å²) >= 11 is 0. The summed E-state index contributed by atoms with van der Waals surface area (Å²) in [5, 5.41) is 2.72. The minimum atomic E-state index is -3.66. The third-order valence-electron chi connectivity index (χ3n) is 5.59. The zero-order valence-corrected chi connectivity index (χ0v) is 19.8. The summed E-state index contributed by atoms with van der Waals surface area (Å²) in [6.07, 6.45) is 0. The Morgan fingerprint density at radius 3 is 2.33 bits per heavy atom. The number of hydrogen-bond acceptors (Lipinski definition) is 5. The molecule has 0 unspecified atom stereocenters. The van der Waals surface area contributed by atoms with E-state index >= 15 is 0 Å². The SMILES string of the molecule is CC(=O)c1ccc(N2CCN(C(=O)NCCNS(=O)(=O)c3cc(C)ccc3C)CC2)c(F)c1. The van der Waals surface area contributed by atoms with Crippen LogP contribution in [0.1, 0.15) is 28.4 Å². The number of sulfonamides is 1. The van der Waals surface area contributed by atoms with E-state index in [1.807, 2.05) is 17.9 Å². The molecule has 0 radical (unpaired) electrons. The standard InChI is InChI=1S/C23H29FN4O4S/c1-16-4-5-17(2)22(14-16)33(31,32)26-9-8-25-23(30)28-12-10-27(11-13-28)21-7-6-19(18(3)29)15-20(21)24/h4-7,14-15,26H,8-13H2,1-3H3,(H,25,30). The van der Waals surface area contributed by atoms with E-state index in [2.05, 4.69) is 10.0 Å². The highest BCUT2D eigenvalue weighted by Gasteiger charge is 2.23. The maximum atomic E-state index is 14.4. The number of nitrogens with zero attached hydrogens (tertiary/aromatic N) is 2. The van der Waals surface area contributed by atoms with E-state index < -0.39 is 15.8 Å². The number of anilines is 1. The van der Waals surface area contributed by atoms with Crippen LogP contribution in [0.25, 0.3) is 0 Å². The van der Waals surface area contributed by atoms with Crippen LogP contribution >= 0.6 is 0 Å². The lowest BCUT2D eigenvalue weighted by Gasteiger charge is -2.36. The van der Waals surface area contributed by atoms with Crippen LogP contribution in [0, 0.1) is 19.7 Å². The van der Waals surface area contributed by atoms with Gasteiger partial charge in [0.1, 0.15) is 5.82 Å². The minimum absolute atomic E-state index is 0.0646. The quantitative estimate of drug-likeness (QED) is 0.473. The van der Waals surface area contributed by atoms with Crippen molar-refractivity contribution in [2.45, 2.75) is 25.7 Å². The van der Waals surface area contributed by atoms with Gasteiger partial charge < -0.3 is 15.1 Å². The van der Waals surface area contributed by atoms with Crippen molar-refractivity contribution in [2.24, 2.45) is 0 Å². The Morgan fingerprint density at radius 2 is 1.70 bits per heavy atom. The lowest BCUT2D eigenvalue weighted by molar-refractivity contribution is 0.101. The summed E-state index contributed by atoms with van der Waals surface area (Å²) in [6.45, 7) is 6.85. The maximum absolute atomic E-state index is 14.4. The third-order valence-corrected chi connectivity index (χ3v) is 7.19. The summed E-state index contributed by atoms with van der Waals surface area (Å²) < 4.78 is 41.9. The fourth-order valence-corrected chi connectivity index (χ4v) is 5.03. The molecule has 3 rings (SSSR count). The molecular weight excluding hydrogens is 447 g/mol. The first-order valence-corrected chi connectivity index (χ1v) is 12.2. The van der Waals surface area contributed by atoms with E-state index in [0.717, 1.165) is 5.56 Å². The Balaban J connectivity index is 1.46. The summed E-state index contributed by atoms with van der Waals surface area (Å²) in [6, 6.07) is 9.34. The molecule has 10 heteroatoms. The molecule has 1 aliphatic rings. The predicted molar refractivity (Wildman–Crippen MR) is 125 cm³/mol. The number of urea groups is 1. The number of Topliss-reactive ketones (excluding diaryl/α,β-unsaturated/α-hetero) is 1. The molecule has 0 bridgehead atoms. The van der Waals surface area contributed by atoms with E-state index in [4.69, 9.17) is 0 Å². The normalized spacial score (nSPS) is 14.3. The molecule has 1 fully saturated rings. The fraction of sp³-hybridized carbons (Fsp3) is 0.391. The van der Waals surface area contributed by atoms with E-state index in [-0.39, 0.29) is 29.8 Å². The first-order chi connectivity index (χ1) is 15.6. The highest BCUT2D eigenvalue weighted by Crippen LogP contribution is 2.22. The molecule has 0 spiro atoms. The van der Waals surface area contributed by atoms with Crippen LogP contribution in [0.15, 0.2) is 41.3 Å². The first-order valence-electron chi connectivity index (χ1n) is 10.7. The van der Waals surface area contributed by atoms with Gasteiger partial charge >= 0.3 is 6.03 Å². The maximum Gasteiger partial charge on any atom is 0.317 e. The van der Waals surface area contributed by atoms with Gasteiger partial charge in [0.25, 0.3) is 0 Å². The van der Waals surface area contributed by atoms with Gasteiger partial charge in [0, 0.05) is 44.8 Å². The number of piperazine rings is 1. The van der Waals surface area contributed by atoms with Crippen LogP contribution in [-0.4, -0.2) is 64.4 Å². The van der Waals surface area contributed by atoms with Crippen molar-refractivity contribution in [3.05, 3.63) is 58.9 Å². The molecule has 0 saturated carbocycles. The van der Waals surface area contributed by atoms with Crippen molar-refractivity contribution in [1.82, 2.24) is 14.9 Å². The number of halogens is 1. The third kappa shape index (κ3) is 6.08. The zero-order chi connectivity index (χ0) is 24.2. The Morgan fingerprint density at radius 1 is 1.00 bits per heavy atom. The molecule has 1 heterocycles. The van der Waals surface area contributed by atoms with Crippen LogP contribution in [0.5, 0.6) is 0 Å². The molecule has 0 atom stereocenters. The second kappa shape index (κ2) is 10.3. The highest BCUT2D eigenvalue weighted by molar-refractivity contribution is 7.89. The Kier molecular flexibility index (Phi) is 7.70. The molecule has 1 aliphatic heterocycles. The number of nitrogens with one attached hydrogen (secondary N) is 2. The largest absolute Gasteiger partial charge is 0.366 e. The van der Waals surface area contributed by atoms with Crippen LogP contribution in [0.4, 0.5) is 14.9 Å². The van der Waals surface area contributed by atoms with Gasteiger partial charge in [-0.2, -0.15) is 0 Å². The lowest BCUT2D eigenvalue weighted by Crippen LogP contribution is -2.52. The van der Waals surface area contributed by atoms with Gasteiger partial charge in [0.2, 0.25) is 10.0 Å². The number of rotatable bonds is 7. The molecule has 2 aromatic rings. The smallest absolute Gasteiger partial charge is 0.317 e. The summed E-state index contributed by atoms with van der Waals surface area (Å²) in [4.78, 5) is 27.5. The number of benzene rings is 2. The van der Waals surface area contributed by atoms with E-state index in [1.165, 1.54) is 13.0 Å². The molecule has 2 amide bonds. The number of carbonyl (C=O) groups excluding carboxylic acids is 2. The van der Waals surface area contributed by atoms with E-state index in [0.29, 0.717) is 43.0 Å². The number of amides is 2. The van der Waals surface area contributed by atoms with Crippen LogP contribution < -0.4 is 14.9 Å². The lowest BCUT2D eigenvalue weighted by atomic mass is 10.1. The molecular formula is C23H29FN4O4S. The second-order valence-electron chi connectivity index (χ2n) is 8.10. The van der Waals surface area contributed by atoms with Gasteiger partial charge in [-0.3, -0.25) is 4.79 Å². The second-order valence-corrected chi connectivity index (χ2v) is 9.83. The molecule has 2 aromatic carbocycles. The number of carbonyl (C=O) groups is 2. The fourth-order valence-electron chi connectivity index (χ4n) is 3.67. The van der Waals surface area contributed by atoms with Gasteiger partial charge in [-0.1, -0.05) is 12.1 Å². The van der Waals surface area contributed by atoms with Crippen molar-refractivity contribution >= 4 is 27.5 Å². The van der Waals surface area contributed by atoms with E-state index in [9.17, 15) is 22.4 Å². The molecule has 178 valence electrons. The van der Waals surface area contributed by atoms with Crippen LogP contribution in [0.2, 0.25) is 0 Å². The monoisotopic (exact) mass is 476 g/mol. The minimum Gasteiger partial charge on any atom is -0.366 e. The van der Waals surface area contributed by atoms with Crippen molar-refractivity contribution in [3.63, 3.8) is 0 Å². The van der Waals surface area contributed by atoms with Crippen LogP contribution in [0.3, 0.4) is 0 Å². The first kappa shape index (κ1) is 24.7. The van der Waals surface area contributed by atoms with Crippen molar-refractivity contribution in [3.8, 4) is 0 Å². The molecule has 1 saturated heterocycles. The van der Waals surface area contributed by atoms with Gasteiger partial charge in [-0.15, -0.1) is 0 Å². The molecule has 2 N–H and O–H groups in total. The van der Waals surface area contributed by atoms with Gasteiger partial charge in [0.05, 0.1) is 10.6 Å². The Bertz CT molecular complexity index is 1150. The van der Waals surface area contributed by atoms with Crippen molar-refractivity contribution in [1.29, 1.82) is 0 Å². The number of ketones is 1. The molecule has 8 nitrogen and oxygen atoms in total. The van der Waals surface area contributed by atoms with Crippen LogP contribution in [-0.2, 0) is 10.0 Å². The molecule has 0 aromatic heterocycles. The van der Waals surface area contributed by atoms with Crippen molar-refractivity contribution in [2.75, 3.05) is 44.2 Å². The van der Waals surface area contributed by atoms with Gasteiger partial charge in [0.15, 0.2) is 5.78 Å². The topological polar surface area (TPSA) is 98.8 Å². The number of aryl methyl sites for hydroxylation is 2. The Hall–Kier alpha value is -2.98. The Labute approximate surface area is 193 Å². The zero-order valence-electron chi connectivity index (χ0n) is 19.0. The summed E-state index contributed by atoms with van der Waals surface area (Å²) in [5.74, 6) is -0.657. The predicted octanol–water partition coefficient (Wildman–Crippen LogP) is 2.46. The van der Waals surface area contributed by atoms with Gasteiger partial charge in [-0.25, -0.2) is 22.3 Å². The summed E-state index contributed by atoms with van der Waals surface area (Å²) in [7, 11) is -3.66. The average Bonchev–Trinajstić information content (AvgIpc) is 2.78.